The molecular formula is C21H39N5O. The summed E-state index contributed by atoms with van der Waals surface area (Å²) in [5.41, 5.74) is 2.26. The lowest BCUT2D eigenvalue weighted by Crippen LogP contribution is -2.56. The molecule has 1 aliphatic heterocycles. The zero-order chi connectivity index (χ0) is 19.9. The molecule has 1 unspecified atom stereocenters. The zero-order valence-corrected chi connectivity index (χ0v) is 18.2. The monoisotopic (exact) mass is 377 g/mol. The van der Waals surface area contributed by atoms with Gasteiger partial charge < -0.3 is 15.2 Å². The summed E-state index contributed by atoms with van der Waals surface area (Å²) < 4.78 is 5.46. The molecule has 1 saturated heterocycles. The second-order valence-corrected chi connectivity index (χ2v) is 8.29. The molecule has 0 spiro atoms. The fourth-order valence-corrected chi connectivity index (χ4v) is 3.77. The second kappa shape index (κ2) is 10.1. The number of hydrogen-bond acceptors (Lipinski definition) is 4. The number of piperidine rings is 1. The van der Waals surface area contributed by atoms with Crippen molar-refractivity contribution in [2.75, 3.05) is 26.2 Å². The van der Waals surface area contributed by atoms with Gasteiger partial charge in [-0.2, -0.15) is 0 Å². The van der Waals surface area contributed by atoms with E-state index in [0.29, 0.717) is 6.54 Å². The van der Waals surface area contributed by atoms with Gasteiger partial charge in [-0.05, 0) is 52.5 Å². The molecule has 0 saturated carbocycles. The predicted molar refractivity (Wildman–Crippen MR) is 112 cm³/mol. The highest BCUT2D eigenvalue weighted by atomic mass is 16.5. The topological polar surface area (TPSA) is 65.7 Å². The second-order valence-electron chi connectivity index (χ2n) is 8.29. The molecule has 2 rings (SSSR count). The van der Waals surface area contributed by atoms with Gasteiger partial charge in [0.1, 0.15) is 5.76 Å². The van der Waals surface area contributed by atoms with E-state index < -0.39 is 0 Å². The van der Waals surface area contributed by atoms with Crippen molar-refractivity contribution in [3.8, 4) is 0 Å². The van der Waals surface area contributed by atoms with Crippen LogP contribution in [-0.4, -0.2) is 47.7 Å². The van der Waals surface area contributed by atoms with E-state index >= 15 is 0 Å². The standard InChI is InChI=1S/C21H39N5O/c1-7-18-17(19(8-2)27-25-18)13-23-20(22-9-3)24-15-21(5,6)26-12-10-11-16(4)14-26/h16H,7-15H2,1-6H3,(H2,22,23,24). The third-order valence-corrected chi connectivity index (χ3v) is 5.55. The lowest BCUT2D eigenvalue weighted by molar-refractivity contribution is 0.0739. The van der Waals surface area contributed by atoms with Crippen molar-refractivity contribution >= 4 is 5.96 Å². The number of hydrogen-bond donors (Lipinski definition) is 2. The van der Waals surface area contributed by atoms with Crippen molar-refractivity contribution < 1.29 is 4.52 Å². The largest absolute Gasteiger partial charge is 0.361 e. The fraction of sp³-hybridized carbons (Fsp3) is 0.810. The minimum atomic E-state index is 0.102. The third-order valence-electron chi connectivity index (χ3n) is 5.55. The van der Waals surface area contributed by atoms with Crippen LogP contribution < -0.4 is 10.6 Å². The van der Waals surface area contributed by atoms with Gasteiger partial charge in [-0.3, -0.25) is 4.90 Å². The zero-order valence-electron chi connectivity index (χ0n) is 18.2. The molecule has 1 aliphatic rings. The van der Waals surface area contributed by atoms with Gasteiger partial charge in [0.15, 0.2) is 5.96 Å². The number of nitrogens with zero attached hydrogens (tertiary/aromatic N) is 3. The molecular weight excluding hydrogens is 338 g/mol. The maximum absolute atomic E-state index is 5.46. The van der Waals surface area contributed by atoms with Crippen molar-refractivity contribution in [2.24, 2.45) is 10.9 Å². The Labute approximate surface area is 165 Å². The van der Waals surface area contributed by atoms with E-state index in [0.717, 1.165) is 54.8 Å². The average Bonchev–Trinajstić information content (AvgIpc) is 3.06. The van der Waals surface area contributed by atoms with Gasteiger partial charge >= 0.3 is 0 Å². The Morgan fingerprint density at radius 3 is 2.67 bits per heavy atom. The molecule has 1 aromatic rings. The molecule has 1 fully saturated rings. The van der Waals surface area contributed by atoms with Crippen LogP contribution >= 0.6 is 0 Å². The van der Waals surface area contributed by atoms with Crippen molar-refractivity contribution in [1.29, 1.82) is 0 Å². The molecule has 1 atom stereocenters. The van der Waals surface area contributed by atoms with E-state index in [1.807, 2.05) is 0 Å². The first-order chi connectivity index (χ1) is 12.9. The predicted octanol–water partition coefficient (Wildman–Crippen LogP) is 3.37. The van der Waals surface area contributed by atoms with E-state index in [9.17, 15) is 0 Å². The molecule has 154 valence electrons. The highest BCUT2D eigenvalue weighted by molar-refractivity contribution is 5.79. The van der Waals surface area contributed by atoms with Crippen molar-refractivity contribution in [3.05, 3.63) is 17.0 Å². The van der Waals surface area contributed by atoms with Crippen LogP contribution in [0.1, 0.15) is 71.4 Å². The summed E-state index contributed by atoms with van der Waals surface area (Å²) in [6.07, 6.45) is 4.37. The molecule has 2 N–H and O–H groups in total. The van der Waals surface area contributed by atoms with Gasteiger partial charge in [0, 0.05) is 37.2 Å². The van der Waals surface area contributed by atoms with E-state index in [4.69, 9.17) is 9.52 Å². The molecule has 6 heteroatoms. The number of nitrogens with one attached hydrogen (secondary N) is 2. The normalized spacial score (nSPS) is 19.3. The Balaban J connectivity index is 2.02. The Hall–Kier alpha value is -1.56. The van der Waals surface area contributed by atoms with Crippen LogP contribution in [0.15, 0.2) is 9.52 Å². The third kappa shape index (κ3) is 5.96. The van der Waals surface area contributed by atoms with Crippen LogP contribution in [0.4, 0.5) is 0 Å². The van der Waals surface area contributed by atoms with Crippen LogP contribution in [-0.2, 0) is 19.4 Å². The average molecular weight is 378 g/mol. The minimum Gasteiger partial charge on any atom is -0.361 e. The van der Waals surface area contributed by atoms with Gasteiger partial charge in [0.2, 0.25) is 0 Å². The van der Waals surface area contributed by atoms with Gasteiger partial charge in [0.05, 0.1) is 12.2 Å². The quantitative estimate of drug-likeness (QED) is 0.537. The van der Waals surface area contributed by atoms with Gasteiger partial charge in [-0.25, -0.2) is 4.99 Å². The summed E-state index contributed by atoms with van der Waals surface area (Å²) in [5.74, 6) is 2.60. The van der Waals surface area contributed by atoms with E-state index in [-0.39, 0.29) is 5.54 Å². The van der Waals surface area contributed by atoms with E-state index in [1.54, 1.807) is 0 Å². The van der Waals surface area contributed by atoms with Crippen LogP contribution in [0.5, 0.6) is 0 Å². The first-order valence-corrected chi connectivity index (χ1v) is 10.6. The smallest absolute Gasteiger partial charge is 0.191 e. The SMILES string of the molecule is CCNC(=NCc1c(CC)noc1CC)NCC(C)(C)N1CCCC(C)C1. The maximum atomic E-state index is 5.46. The summed E-state index contributed by atoms with van der Waals surface area (Å²) in [4.78, 5) is 7.43. The lowest BCUT2D eigenvalue weighted by Gasteiger charge is -2.43. The molecule has 0 bridgehead atoms. The number of aryl methyl sites for hydroxylation is 2. The molecule has 27 heavy (non-hydrogen) atoms. The van der Waals surface area contributed by atoms with Crippen LogP contribution in [0.2, 0.25) is 0 Å². The summed E-state index contributed by atoms with van der Waals surface area (Å²) in [6, 6.07) is 0. The summed E-state index contributed by atoms with van der Waals surface area (Å²) >= 11 is 0. The van der Waals surface area contributed by atoms with E-state index in [2.05, 4.69) is 62.2 Å². The molecule has 1 aromatic heterocycles. The van der Waals surface area contributed by atoms with Gasteiger partial charge in [0.25, 0.3) is 0 Å². The molecule has 0 aliphatic carbocycles. The van der Waals surface area contributed by atoms with Gasteiger partial charge in [-0.15, -0.1) is 0 Å². The molecule has 0 amide bonds. The van der Waals surface area contributed by atoms with Crippen LogP contribution in [0, 0.1) is 5.92 Å². The molecule has 6 nitrogen and oxygen atoms in total. The minimum absolute atomic E-state index is 0.102. The van der Waals surface area contributed by atoms with Crippen LogP contribution in [0.3, 0.4) is 0 Å². The first kappa shape index (κ1) is 21.7. The van der Waals surface area contributed by atoms with Crippen LogP contribution in [0.25, 0.3) is 0 Å². The van der Waals surface area contributed by atoms with Crippen molar-refractivity contribution in [3.63, 3.8) is 0 Å². The summed E-state index contributed by atoms with van der Waals surface area (Å²) in [5, 5.41) is 11.1. The Bertz CT molecular complexity index is 586. The molecule has 2 heterocycles. The maximum Gasteiger partial charge on any atom is 0.191 e. The first-order valence-electron chi connectivity index (χ1n) is 10.6. The number of aromatic nitrogens is 1. The highest BCUT2D eigenvalue weighted by Crippen LogP contribution is 2.23. The Morgan fingerprint density at radius 1 is 1.26 bits per heavy atom. The van der Waals surface area contributed by atoms with Gasteiger partial charge in [-0.1, -0.05) is 25.9 Å². The van der Waals surface area contributed by atoms with Crippen molar-refractivity contribution in [2.45, 2.75) is 79.3 Å². The summed E-state index contributed by atoms with van der Waals surface area (Å²) in [7, 11) is 0. The highest BCUT2D eigenvalue weighted by Gasteiger charge is 2.30. The Morgan fingerprint density at radius 2 is 2.04 bits per heavy atom. The Kier molecular flexibility index (Phi) is 8.14. The lowest BCUT2D eigenvalue weighted by atomic mass is 9.93. The number of aliphatic imine (C=N–C) groups is 1. The summed E-state index contributed by atoms with van der Waals surface area (Å²) in [6.45, 7) is 18.0. The number of likely N-dealkylation sites (tertiary alicyclic amines) is 1. The number of rotatable bonds is 8. The number of guanidine groups is 1. The fourth-order valence-electron chi connectivity index (χ4n) is 3.77. The molecule has 0 radical (unpaired) electrons. The molecule has 0 aromatic carbocycles. The van der Waals surface area contributed by atoms with E-state index in [1.165, 1.54) is 25.9 Å². The van der Waals surface area contributed by atoms with Crippen molar-refractivity contribution in [1.82, 2.24) is 20.7 Å².